The first-order chi connectivity index (χ1) is 15.5. The molecule has 1 aliphatic carbocycles. The summed E-state index contributed by atoms with van der Waals surface area (Å²) >= 11 is 4.71. The molecule has 5 rings (SSSR count). The van der Waals surface area contributed by atoms with Gasteiger partial charge in [0.1, 0.15) is 11.6 Å². The zero-order chi connectivity index (χ0) is 22.2. The van der Waals surface area contributed by atoms with Gasteiger partial charge in [0.25, 0.3) is 5.56 Å². The maximum atomic E-state index is 14.0. The molecule has 0 saturated carbocycles. The summed E-state index contributed by atoms with van der Waals surface area (Å²) in [7, 11) is 0. The molecule has 2 aliphatic rings. The van der Waals surface area contributed by atoms with Gasteiger partial charge in [-0.2, -0.15) is 0 Å². The van der Waals surface area contributed by atoms with Crippen LogP contribution in [-0.4, -0.2) is 15.8 Å². The third-order valence-electron chi connectivity index (χ3n) is 5.76. The number of fused-ring (bicyclic) bond motifs is 1. The molecule has 0 bridgehead atoms. The van der Waals surface area contributed by atoms with E-state index in [1.165, 1.54) is 17.8 Å². The van der Waals surface area contributed by atoms with Crippen molar-refractivity contribution in [2.75, 3.05) is 5.32 Å². The topological polar surface area (TPSA) is 74.8 Å². The quantitative estimate of drug-likeness (QED) is 0.355. The largest absolute Gasteiger partial charge is 0.343 e. The van der Waals surface area contributed by atoms with E-state index in [-0.39, 0.29) is 17.2 Å². The number of ketones is 1. The van der Waals surface area contributed by atoms with E-state index in [4.69, 9.17) is 0 Å². The lowest BCUT2D eigenvalue weighted by atomic mass is 9.76. The summed E-state index contributed by atoms with van der Waals surface area (Å²) in [4.78, 5) is 33.6. The third-order valence-corrected chi connectivity index (χ3v) is 7.21. The minimum absolute atomic E-state index is 0.0646. The van der Waals surface area contributed by atoms with E-state index >= 15 is 0 Å². The molecule has 8 heteroatoms. The number of hydrogen-bond acceptors (Lipinski definition) is 5. The van der Waals surface area contributed by atoms with Crippen molar-refractivity contribution >= 4 is 39.3 Å². The Balaban J connectivity index is 1.56. The molecule has 3 aromatic rings. The van der Waals surface area contributed by atoms with Gasteiger partial charge in [-0.1, -0.05) is 58.0 Å². The van der Waals surface area contributed by atoms with Gasteiger partial charge >= 0.3 is 0 Å². The van der Waals surface area contributed by atoms with Crippen LogP contribution in [0.3, 0.4) is 0 Å². The van der Waals surface area contributed by atoms with Crippen LogP contribution in [-0.2, 0) is 10.5 Å². The van der Waals surface area contributed by atoms with Crippen LogP contribution in [0.25, 0.3) is 0 Å². The van der Waals surface area contributed by atoms with Crippen LogP contribution in [0.5, 0.6) is 0 Å². The highest BCUT2D eigenvalue weighted by molar-refractivity contribution is 9.10. The van der Waals surface area contributed by atoms with Gasteiger partial charge in [-0.25, -0.2) is 9.37 Å². The molecule has 32 heavy (non-hydrogen) atoms. The molecule has 2 aromatic carbocycles. The van der Waals surface area contributed by atoms with Crippen molar-refractivity contribution in [3.8, 4) is 0 Å². The summed E-state index contributed by atoms with van der Waals surface area (Å²) in [5.41, 5.74) is 3.06. The molecule has 2 N–H and O–H groups in total. The zero-order valence-electron chi connectivity index (χ0n) is 17.0. The molecule has 162 valence electrons. The Morgan fingerprint density at radius 2 is 1.88 bits per heavy atom. The molecule has 0 amide bonds. The number of carbonyl (C=O) groups excluding carboxylic acids is 1. The molecular weight excluding hydrogens is 493 g/mol. The first-order valence-electron chi connectivity index (χ1n) is 10.3. The Labute approximate surface area is 196 Å². The van der Waals surface area contributed by atoms with Gasteiger partial charge in [-0.05, 0) is 42.2 Å². The summed E-state index contributed by atoms with van der Waals surface area (Å²) < 4.78 is 14.9. The van der Waals surface area contributed by atoms with E-state index in [0.29, 0.717) is 39.8 Å². The fourth-order valence-corrected chi connectivity index (χ4v) is 5.37. The summed E-state index contributed by atoms with van der Waals surface area (Å²) in [5, 5.41) is 3.67. The van der Waals surface area contributed by atoms with Gasteiger partial charge in [0.2, 0.25) is 0 Å². The van der Waals surface area contributed by atoms with E-state index < -0.39 is 5.92 Å². The Morgan fingerprint density at radius 3 is 2.66 bits per heavy atom. The highest BCUT2D eigenvalue weighted by Crippen LogP contribution is 2.43. The maximum absolute atomic E-state index is 14.0. The molecule has 0 radical (unpaired) electrons. The average molecular weight is 512 g/mol. The second-order valence-electron chi connectivity index (χ2n) is 7.79. The molecular formula is C24H19BrFN3O2S. The Kier molecular flexibility index (Phi) is 5.73. The van der Waals surface area contributed by atoms with Crippen LogP contribution in [0.15, 0.2) is 74.2 Å². The minimum Gasteiger partial charge on any atom is -0.343 e. The normalized spacial score (nSPS) is 17.6. The maximum Gasteiger partial charge on any atom is 0.257 e. The first kappa shape index (κ1) is 21.2. The predicted molar refractivity (Wildman–Crippen MR) is 126 cm³/mol. The van der Waals surface area contributed by atoms with Gasteiger partial charge in [-0.3, -0.25) is 9.59 Å². The summed E-state index contributed by atoms with van der Waals surface area (Å²) in [6, 6.07) is 14.2. The third kappa shape index (κ3) is 3.93. The molecule has 0 spiro atoms. The number of nitrogens with one attached hydrogen (secondary N) is 2. The number of aromatic amines is 1. The van der Waals surface area contributed by atoms with E-state index in [2.05, 4.69) is 31.2 Å². The number of allylic oxidation sites excluding steroid dienone is 2. The molecule has 2 heterocycles. The van der Waals surface area contributed by atoms with Crippen molar-refractivity contribution in [3.05, 3.63) is 97.1 Å². The van der Waals surface area contributed by atoms with Crippen molar-refractivity contribution in [3.63, 3.8) is 0 Å². The van der Waals surface area contributed by atoms with Crippen molar-refractivity contribution in [2.45, 2.75) is 36.1 Å². The number of anilines is 1. The average Bonchev–Trinajstić information content (AvgIpc) is 2.78. The number of H-pyrrole nitrogens is 1. The summed E-state index contributed by atoms with van der Waals surface area (Å²) in [5.74, 6) is 0.117. The Morgan fingerprint density at radius 1 is 1.09 bits per heavy atom. The molecule has 1 aliphatic heterocycles. The van der Waals surface area contributed by atoms with Crippen LogP contribution in [0.4, 0.5) is 10.2 Å². The monoisotopic (exact) mass is 511 g/mol. The number of halogens is 2. The number of aromatic nitrogens is 2. The second kappa shape index (κ2) is 8.67. The molecule has 1 unspecified atom stereocenters. The Hall–Kier alpha value is -2.71. The first-order valence-corrected chi connectivity index (χ1v) is 12.1. The van der Waals surface area contributed by atoms with Crippen LogP contribution in [0, 0.1) is 5.82 Å². The number of nitrogens with zero attached hydrogens (tertiary/aromatic N) is 1. The van der Waals surface area contributed by atoms with Gasteiger partial charge in [0, 0.05) is 33.8 Å². The second-order valence-corrected chi connectivity index (χ2v) is 9.67. The van der Waals surface area contributed by atoms with E-state index in [9.17, 15) is 14.0 Å². The molecule has 1 atom stereocenters. The highest BCUT2D eigenvalue weighted by atomic mass is 79.9. The number of rotatable bonds is 4. The lowest BCUT2D eigenvalue weighted by Crippen LogP contribution is -2.32. The Bertz CT molecular complexity index is 1300. The molecule has 0 fully saturated rings. The minimum atomic E-state index is -0.469. The number of thioether (sulfide) groups is 1. The van der Waals surface area contributed by atoms with Crippen LogP contribution in [0.2, 0.25) is 0 Å². The lowest BCUT2D eigenvalue weighted by Gasteiger charge is -2.32. The standard InChI is InChI=1S/C24H19BrFN3O2S/c25-15-10-8-13(9-11-15)19-20-17(6-3-7-18(20)30)27-22-21(19)23(31)29-24(28-22)32-12-14-4-1-2-5-16(14)26/h1-2,4-5,8-11,19H,3,6-7,12H2,(H2,27,28,29,31). The van der Waals surface area contributed by atoms with Crippen LogP contribution in [0.1, 0.15) is 41.9 Å². The molecule has 1 aromatic heterocycles. The highest BCUT2D eigenvalue weighted by Gasteiger charge is 2.37. The van der Waals surface area contributed by atoms with Crippen LogP contribution >= 0.6 is 27.7 Å². The number of carbonyl (C=O) groups is 1. The molecule has 0 saturated heterocycles. The summed E-state index contributed by atoms with van der Waals surface area (Å²) in [6.45, 7) is 0. The van der Waals surface area contributed by atoms with Crippen LogP contribution < -0.4 is 10.9 Å². The van der Waals surface area contributed by atoms with Gasteiger partial charge in [-0.15, -0.1) is 0 Å². The fourth-order valence-electron chi connectivity index (χ4n) is 4.26. The van der Waals surface area contributed by atoms with Gasteiger partial charge < -0.3 is 10.3 Å². The van der Waals surface area contributed by atoms with Crippen molar-refractivity contribution in [2.24, 2.45) is 0 Å². The summed E-state index contributed by atoms with van der Waals surface area (Å²) in [6.07, 6.45) is 1.98. The van der Waals surface area contributed by atoms with Crippen molar-refractivity contribution in [1.29, 1.82) is 0 Å². The number of Topliss-reactive ketones (excluding diaryl/α,β-unsaturated/α-hetero) is 1. The van der Waals surface area contributed by atoms with Crippen molar-refractivity contribution < 1.29 is 9.18 Å². The zero-order valence-corrected chi connectivity index (χ0v) is 19.4. The van der Waals surface area contributed by atoms with Gasteiger partial charge in [0.05, 0.1) is 5.56 Å². The van der Waals surface area contributed by atoms with Crippen molar-refractivity contribution in [1.82, 2.24) is 9.97 Å². The van der Waals surface area contributed by atoms with E-state index in [1.807, 2.05) is 24.3 Å². The number of hydrogen-bond donors (Lipinski definition) is 2. The lowest BCUT2D eigenvalue weighted by molar-refractivity contribution is -0.116. The number of benzene rings is 2. The SMILES string of the molecule is O=C1CCCC2=C1C(c1ccc(Br)cc1)c1c(nc(SCc3ccccc3F)[nH]c1=O)N2. The molecule has 5 nitrogen and oxygen atoms in total. The smallest absolute Gasteiger partial charge is 0.257 e. The predicted octanol–water partition coefficient (Wildman–Crippen LogP) is 5.53. The fraction of sp³-hybridized carbons (Fsp3) is 0.208. The van der Waals surface area contributed by atoms with E-state index in [1.54, 1.807) is 18.2 Å². The van der Waals surface area contributed by atoms with E-state index in [0.717, 1.165) is 28.6 Å². The van der Waals surface area contributed by atoms with Gasteiger partial charge in [0.15, 0.2) is 10.9 Å².